The number of carbonyl (C=O) groups excluding carboxylic acids is 1. The van der Waals surface area contributed by atoms with Crippen LogP contribution in [0.3, 0.4) is 0 Å². The van der Waals surface area contributed by atoms with Gasteiger partial charge in [-0.1, -0.05) is 20.8 Å². The van der Waals surface area contributed by atoms with E-state index < -0.39 is 0 Å². The largest absolute Gasteiger partial charge is 0.355 e. The fourth-order valence-electron chi connectivity index (χ4n) is 2.77. The van der Waals surface area contributed by atoms with E-state index >= 15 is 0 Å². The molecule has 2 heteroatoms. The molecule has 2 fully saturated rings. The molecular formula is C10H17NO. The van der Waals surface area contributed by atoms with Crippen molar-refractivity contribution in [3.05, 3.63) is 0 Å². The van der Waals surface area contributed by atoms with Crippen LogP contribution in [-0.4, -0.2) is 12.5 Å². The fourth-order valence-corrected chi connectivity index (χ4v) is 2.77. The molecule has 1 amide bonds. The molecule has 1 N–H and O–H groups in total. The minimum Gasteiger partial charge on any atom is -0.355 e. The number of hydrogen-bond donors (Lipinski definition) is 1. The quantitative estimate of drug-likeness (QED) is 0.583. The normalized spacial score (nSPS) is 44.2. The van der Waals surface area contributed by atoms with Crippen LogP contribution in [0.1, 0.15) is 33.6 Å². The van der Waals surface area contributed by atoms with Crippen LogP contribution in [0.2, 0.25) is 0 Å². The monoisotopic (exact) mass is 167 g/mol. The van der Waals surface area contributed by atoms with Crippen molar-refractivity contribution in [2.75, 3.05) is 6.54 Å². The highest BCUT2D eigenvalue weighted by Gasteiger charge is 2.58. The molecule has 0 aromatic heterocycles. The summed E-state index contributed by atoms with van der Waals surface area (Å²) < 4.78 is 0. The van der Waals surface area contributed by atoms with Crippen molar-refractivity contribution in [3.63, 3.8) is 0 Å². The molecule has 2 nitrogen and oxygen atoms in total. The average molecular weight is 167 g/mol. The van der Waals surface area contributed by atoms with Gasteiger partial charge in [-0.15, -0.1) is 0 Å². The fraction of sp³-hybridized carbons (Fsp3) is 0.900. The van der Waals surface area contributed by atoms with Gasteiger partial charge in [0.25, 0.3) is 0 Å². The number of hydrogen-bond acceptors (Lipinski definition) is 1. The summed E-state index contributed by atoms with van der Waals surface area (Å²) in [5, 5.41) is 3.00. The summed E-state index contributed by atoms with van der Waals surface area (Å²) in [4.78, 5) is 11.7. The molecule has 68 valence electrons. The van der Waals surface area contributed by atoms with E-state index in [9.17, 15) is 4.79 Å². The molecule has 2 atom stereocenters. The van der Waals surface area contributed by atoms with E-state index in [1.54, 1.807) is 0 Å². The molecule has 1 heterocycles. The van der Waals surface area contributed by atoms with Crippen LogP contribution in [0.5, 0.6) is 0 Å². The molecule has 0 radical (unpaired) electrons. The number of piperidine rings is 1. The van der Waals surface area contributed by atoms with E-state index in [2.05, 4.69) is 26.1 Å². The van der Waals surface area contributed by atoms with Crippen molar-refractivity contribution >= 4 is 5.91 Å². The van der Waals surface area contributed by atoms with E-state index in [1.807, 2.05) is 0 Å². The number of nitrogens with one attached hydrogen (secondary N) is 1. The van der Waals surface area contributed by atoms with Gasteiger partial charge in [0, 0.05) is 6.54 Å². The van der Waals surface area contributed by atoms with E-state index in [4.69, 9.17) is 0 Å². The number of rotatable bonds is 0. The van der Waals surface area contributed by atoms with Crippen molar-refractivity contribution in [2.24, 2.45) is 16.7 Å². The minimum atomic E-state index is -0.101. The molecule has 1 aliphatic carbocycles. The Kier molecular flexibility index (Phi) is 1.37. The number of fused-ring (bicyclic) bond motifs is 2. The molecule has 1 unspecified atom stereocenters. The number of amides is 1. The molecule has 1 saturated carbocycles. The highest BCUT2D eigenvalue weighted by atomic mass is 16.2. The molecule has 2 aliphatic rings. The average Bonchev–Trinajstić information content (AvgIpc) is 2.17. The standard InChI is InChI=1S/C10H17NO/c1-9(2)7-4-5-10(9,3)8(12)11-6-7/h7H,4-6H2,1-3H3,(H,11,12)/t7?,10-/m1/s1. The summed E-state index contributed by atoms with van der Waals surface area (Å²) in [7, 11) is 0. The van der Waals surface area contributed by atoms with Gasteiger partial charge in [-0.05, 0) is 24.2 Å². The van der Waals surface area contributed by atoms with Crippen molar-refractivity contribution in [3.8, 4) is 0 Å². The van der Waals surface area contributed by atoms with Crippen molar-refractivity contribution < 1.29 is 4.79 Å². The Balaban J connectivity index is 2.43. The predicted octanol–water partition coefficient (Wildman–Crippen LogP) is 1.56. The minimum absolute atomic E-state index is 0.101. The Morgan fingerprint density at radius 2 is 2.08 bits per heavy atom. The summed E-state index contributed by atoms with van der Waals surface area (Å²) in [6, 6.07) is 0. The SMILES string of the molecule is CC1(C)C2CC[C@]1(C)C(=O)NC2. The van der Waals surface area contributed by atoms with Gasteiger partial charge in [-0.2, -0.15) is 0 Å². The Morgan fingerprint density at radius 1 is 1.42 bits per heavy atom. The molecule has 2 rings (SSSR count). The van der Waals surface area contributed by atoms with Crippen molar-refractivity contribution in [2.45, 2.75) is 33.6 Å². The summed E-state index contributed by atoms with van der Waals surface area (Å²) in [6.45, 7) is 7.48. The van der Waals surface area contributed by atoms with Crippen LogP contribution in [-0.2, 0) is 4.79 Å². The second-order valence-electron chi connectivity index (χ2n) is 5.00. The van der Waals surface area contributed by atoms with Crippen LogP contribution in [0.25, 0.3) is 0 Å². The third kappa shape index (κ3) is 0.686. The maximum atomic E-state index is 11.7. The summed E-state index contributed by atoms with van der Waals surface area (Å²) in [5.41, 5.74) is 0.102. The lowest BCUT2D eigenvalue weighted by Gasteiger charge is -2.44. The lowest BCUT2D eigenvalue weighted by Crippen LogP contribution is -2.54. The Labute approximate surface area is 73.7 Å². The van der Waals surface area contributed by atoms with Gasteiger partial charge < -0.3 is 5.32 Å². The highest BCUT2D eigenvalue weighted by Crippen LogP contribution is 2.57. The van der Waals surface area contributed by atoms with Crippen molar-refractivity contribution in [1.29, 1.82) is 0 Å². The molecule has 0 spiro atoms. The molecule has 12 heavy (non-hydrogen) atoms. The van der Waals surface area contributed by atoms with Gasteiger partial charge in [-0.3, -0.25) is 4.79 Å². The zero-order valence-corrected chi connectivity index (χ0v) is 8.11. The Hall–Kier alpha value is -0.530. The van der Waals surface area contributed by atoms with Gasteiger partial charge in [0.05, 0.1) is 5.41 Å². The zero-order chi connectivity index (χ0) is 8.98. The molecule has 0 aromatic rings. The first-order valence-electron chi connectivity index (χ1n) is 4.77. The summed E-state index contributed by atoms with van der Waals surface area (Å²) in [6.07, 6.45) is 2.28. The second kappa shape index (κ2) is 2.04. The van der Waals surface area contributed by atoms with Crippen LogP contribution >= 0.6 is 0 Å². The van der Waals surface area contributed by atoms with E-state index in [-0.39, 0.29) is 16.7 Å². The van der Waals surface area contributed by atoms with Gasteiger partial charge in [0.15, 0.2) is 0 Å². The maximum Gasteiger partial charge on any atom is 0.226 e. The Morgan fingerprint density at radius 3 is 2.67 bits per heavy atom. The van der Waals surface area contributed by atoms with Gasteiger partial charge >= 0.3 is 0 Å². The lowest BCUT2D eigenvalue weighted by atomic mass is 9.63. The van der Waals surface area contributed by atoms with Crippen LogP contribution < -0.4 is 5.32 Å². The molecule has 2 bridgehead atoms. The molecule has 1 saturated heterocycles. The number of carbonyl (C=O) groups is 1. The first kappa shape index (κ1) is 8.09. The smallest absolute Gasteiger partial charge is 0.226 e. The van der Waals surface area contributed by atoms with Crippen LogP contribution in [0.15, 0.2) is 0 Å². The maximum absolute atomic E-state index is 11.7. The lowest BCUT2D eigenvalue weighted by molar-refractivity contribution is -0.139. The molecule has 1 aliphatic heterocycles. The van der Waals surface area contributed by atoms with E-state index in [1.165, 1.54) is 6.42 Å². The van der Waals surface area contributed by atoms with E-state index in [0.29, 0.717) is 5.92 Å². The van der Waals surface area contributed by atoms with Crippen LogP contribution in [0.4, 0.5) is 0 Å². The van der Waals surface area contributed by atoms with Crippen molar-refractivity contribution in [1.82, 2.24) is 5.32 Å². The van der Waals surface area contributed by atoms with Gasteiger partial charge in [0.2, 0.25) is 5.91 Å². The predicted molar refractivity (Wildman–Crippen MR) is 47.6 cm³/mol. The zero-order valence-electron chi connectivity index (χ0n) is 8.11. The topological polar surface area (TPSA) is 29.1 Å². The first-order valence-corrected chi connectivity index (χ1v) is 4.77. The molecule has 0 aromatic carbocycles. The Bertz CT molecular complexity index is 234. The molecular weight excluding hydrogens is 150 g/mol. The first-order chi connectivity index (χ1) is 5.48. The third-order valence-electron chi connectivity index (χ3n) is 4.45. The third-order valence-corrected chi connectivity index (χ3v) is 4.45. The van der Waals surface area contributed by atoms with Gasteiger partial charge in [0.1, 0.15) is 0 Å². The summed E-state index contributed by atoms with van der Waals surface area (Å²) in [5.74, 6) is 0.960. The van der Waals surface area contributed by atoms with Gasteiger partial charge in [-0.25, -0.2) is 0 Å². The van der Waals surface area contributed by atoms with Crippen LogP contribution in [0, 0.1) is 16.7 Å². The summed E-state index contributed by atoms with van der Waals surface area (Å²) >= 11 is 0. The highest BCUT2D eigenvalue weighted by molar-refractivity contribution is 5.84. The second-order valence-corrected chi connectivity index (χ2v) is 5.00. The van der Waals surface area contributed by atoms with E-state index in [0.717, 1.165) is 13.0 Å².